The van der Waals surface area contributed by atoms with E-state index >= 15 is 0 Å². The molecule has 0 radical (unpaired) electrons. The lowest BCUT2D eigenvalue weighted by molar-refractivity contribution is -0.144. The second-order valence-corrected chi connectivity index (χ2v) is 8.04. The van der Waals surface area contributed by atoms with Crippen LogP contribution in [0.1, 0.15) is 44.1 Å². The van der Waals surface area contributed by atoms with E-state index < -0.39 is 0 Å². The SMILES string of the molecule is COCCCC1CCN(C(=O)[C@H]2CCC(=O)N(Cc3cccc(F)c3)C2)CC1. The summed E-state index contributed by atoms with van der Waals surface area (Å²) in [5.41, 5.74) is 0.762. The summed E-state index contributed by atoms with van der Waals surface area (Å²) >= 11 is 0. The number of ether oxygens (including phenoxy) is 1. The molecule has 0 N–H and O–H groups in total. The number of amides is 2. The van der Waals surface area contributed by atoms with Crippen LogP contribution in [-0.2, 0) is 20.9 Å². The molecule has 1 aromatic rings. The standard InChI is InChI=1S/C22H31FN2O3/c1-28-13-3-5-17-9-11-24(12-10-17)22(27)19-7-8-21(26)25(16-19)15-18-4-2-6-20(23)14-18/h2,4,6,14,17,19H,3,5,7-13,15-16H2,1H3/t19-/m0/s1. The molecule has 0 bridgehead atoms. The molecule has 3 rings (SSSR count). The lowest BCUT2D eigenvalue weighted by Crippen LogP contribution is -2.48. The predicted octanol–water partition coefficient (Wildman–Crippen LogP) is 3.23. The molecule has 28 heavy (non-hydrogen) atoms. The highest BCUT2D eigenvalue weighted by atomic mass is 19.1. The molecule has 6 heteroatoms. The molecule has 2 amide bonds. The first-order valence-corrected chi connectivity index (χ1v) is 10.4. The predicted molar refractivity (Wildman–Crippen MR) is 105 cm³/mol. The van der Waals surface area contributed by atoms with Gasteiger partial charge in [-0.3, -0.25) is 9.59 Å². The Labute approximate surface area is 166 Å². The topological polar surface area (TPSA) is 49.9 Å². The lowest BCUT2D eigenvalue weighted by Gasteiger charge is -2.38. The van der Waals surface area contributed by atoms with Crippen molar-refractivity contribution < 1.29 is 18.7 Å². The number of rotatable bonds is 7. The minimum Gasteiger partial charge on any atom is -0.385 e. The number of nitrogens with zero attached hydrogens (tertiary/aromatic N) is 2. The summed E-state index contributed by atoms with van der Waals surface area (Å²) in [7, 11) is 1.73. The normalized spacial score (nSPS) is 21.2. The van der Waals surface area contributed by atoms with Gasteiger partial charge in [0.05, 0.1) is 5.92 Å². The van der Waals surface area contributed by atoms with Crippen molar-refractivity contribution in [3.05, 3.63) is 35.6 Å². The fourth-order valence-corrected chi connectivity index (χ4v) is 4.34. The third-order valence-corrected chi connectivity index (χ3v) is 6.00. The van der Waals surface area contributed by atoms with Gasteiger partial charge in [0.25, 0.3) is 0 Å². The van der Waals surface area contributed by atoms with Crippen molar-refractivity contribution in [2.75, 3.05) is 33.4 Å². The molecule has 2 saturated heterocycles. The molecule has 0 spiro atoms. The number of hydrogen-bond acceptors (Lipinski definition) is 3. The molecular formula is C22H31FN2O3. The van der Waals surface area contributed by atoms with Crippen molar-refractivity contribution in [2.45, 2.75) is 45.1 Å². The maximum atomic E-state index is 13.4. The van der Waals surface area contributed by atoms with Crippen LogP contribution >= 0.6 is 0 Å². The van der Waals surface area contributed by atoms with Gasteiger partial charge >= 0.3 is 0 Å². The van der Waals surface area contributed by atoms with Gasteiger partial charge in [-0.15, -0.1) is 0 Å². The van der Waals surface area contributed by atoms with Crippen molar-refractivity contribution in [1.29, 1.82) is 0 Å². The Morgan fingerprint density at radius 2 is 2.04 bits per heavy atom. The van der Waals surface area contributed by atoms with Crippen LogP contribution in [0.5, 0.6) is 0 Å². The molecular weight excluding hydrogens is 359 g/mol. The summed E-state index contributed by atoms with van der Waals surface area (Å²) in [6, 6.07) is 6.31. The zero-order chi connectivity index (χ0) is 19.9. The Bertz CT molecular complexity index is 674. The number of likely N-dealkylation sites (tertiary alicyclic amines) is 2. The first-order chi connectivity index (χ1) is 13.6. The summed E-state index contributed by atoms with van der Waals surface area (Å²) in [5.74, 6) is 0.452. The number of benzene rings is 1. The van der Waals surface area contributed by atoms with E-state index in [4.69, 9.17) is 4.74 Å². The highest BCUT2D eigenvalue weighted by Gasteiger charge is 2.34. The molecule has 2 aliphatic rings. The van der Waals surface area contributed by atoms with Crippen molar-refractivity contribution >= 4 is 11.8 Å². The average Bonchev–Trinajstić information content (AvgIpc) is 2.70. The molecule has 154 valence electrons. The zero-order valence-electron chi connectivity index (χ0n) is 16.7. The zero-order valence-corrected chi connectivity index (χ0v) is 16.7. The molecule has 2 aliphatic heterocycles. The largest absolute Gasteiger partial charge is 0.385 e. The Morgan fingerprint density at radius 3 is 2.75 bits per heavy atom. The van der Waals surface area contributed by atoms with Crippen LogP contribution in [0.3, 0.4) is 0 Å². The Hall–Kier alpha value is -1.95. The summed E-state index contributed by atoms with van der Waals surface area (Å²) in [4.78, 5) is 29.0. The Morgan fingerprint density at radius 1 is 1.25 bits per heavy atom. The third kappa shape index (κ3) is 5.53. The fourth-order valence-electron chi connectivity index (χ4n) is 4.34. The van der Waals surface area contributed by atoms with Gasteiger partial charge in [0, 0.05) is 46.3 Å². The highest BCUT2D eigenvalue weighted by molar-refractivity contribution is 5.84. The van der Waals surface area contributed by atoms with Crippen LogP contribution in [0.15, 0.2) is 24.3 Å². The molecule has 2 fully saturated rings. The van der Waals surface area contributed by atoms with E-state index in [-0.39, 0.29) is 23.5 Å². The van der Waals surface area contributed by atoms with Gasteiger partial charge in [0.15, 0.2) is 0 Å². The van der Waals surface area contributed by atoms with Crippen LogP contribution in [0.4, 0.5) is 4.39 Å². The Kier molecular flexibility index (Phi) is 7.43. The van der Waals surface area contributed by atoms with E-state index in [0.29, 0.717) is 31.8 Å². The molecule has 2 heterocycles. The quantitative estimate of drug-likeness (QED) is 0.672. The summed E-state index contributed by atoms with van der Waals surface area (Å²) in [6.45, 7) is 3.22. The molecule has 0 saturated carbocycles. The van der Waals surface area contributed by atoms with Crippen LogP contribution in [0, 0.1) is 17.7 Å². The van der Waals surface area contributed by atoms with Gasteiger partial charge in [-0.05, 0) is 55.7 Å². The van der Waals surface area contributed by atoms with Crippen LogP contribution in [-0.4, -0.2) is 55.0 Å². The number of carbonyl (C=O) groups is 2. The molecule has 0 aromatic heterocycles. The van der Waals surface area contributed by atoms with Gasteiger partial charge < -0.3 is 14.5 Å². The average molecular weight is 390 g/mol. The summed E-state index contributed by atoms with van der Waals surface area (Å²) in [6.07, 6.45) is 5.34. The van der Waals surface area contributed by atoms with E-state index in [9.17, 15) is 14.0 Å². The van der Waals surface area contributed by atoms with E-state index in [0.717, 1.165) is 50.9 Å². The summed E-state index contributed by atoms with van der Waals surface area (Å²) < 4.78 is 18.5. The number of piperidine rings is 2. The van der Waals surface area contributed by atoms with Crippen molar-refractivity contribution in [1.82, 2.24) is 9.80 Å². The first kappa shape index (κ1) is 20.8. The minimum atomic E-state index is -0.303. The van der Waals surface area contributed by atoms with Crippen molar-refractivity contribution in [2.24, 2.45) is 11.8 Å². The van der Waals surface area contributed by atoms with E-state index in [1.54, 1.807) is 18.1 Å². The van der Waals surface area contributed by atoms with Crippen molar-refractivity contribution in [3.63, 3.8) is 0 Å². The monoisotopic (exact) mass is 390 g/mol. The molecule has 5 nitrogen and oxygen atoms in total. The van der Waals surface area contributed by atoms with Gasteiger partial charge in [0.2, 0.25) is 11.8 Å². The van der Waals surface area contributed by atoms with Gasteiger partial charge in [-0.25, -0.2) is 4.39 Å². The lowest BCUT2D eigenvalue weighted by atomic mass is 9.90. The minimum absolute atomic E-state index is 0.0464. The maximum absolute atomic E-state index is 13.4. The van der Waals surface area contributed by atoms with Gasteiger partial charge in [-0.1, -0.05) is 12.1 Å². The first-order valence-electron chi connectivity index (χ1n) is 10.4. The van der Waals surface area contributed by atoms with E-state index in [1.165, 1.54) is 12.1 Å². The number of halogens is 1. The fraction of sp³-hybridized carbons (Fsp3) is 0.636. The molecule has 0 unspecified atom stereocenters. The second-order valence-electron chi connectivity index (χ2n) is 8.04. The number of hydrogen-bond donors (Lipinski definition) is 0. The van der Waals surface area contributed by atoms with E-state index in [2.05, 4.69) is 0 Å². The Balaban J connectivity index is 1.51. The molecule has 1 aromatic carbocycles. The highest BCUT2D eigenvalue weighted by Crippen LogP contribution is 2.26. The van der Waals surface area contributed by atoms with Crippen LogP contribution in [0.25, 0.3) is 0 Å². The second kappa shape index (κ2) is 10.0. The van der Waals surface area contributed by atoms with Crippen LogP contribution < -0.4 is 0 Å². The third-order valence-electron chi connectivity index (χ3n) is 6.00. The maximum Gasteiger partial charge on any atom is 0.227 e. The summed E-state index contributed by atoms with van der Waals surface area (Å²) in [5, 5.41) is 0. The van der Waals surface area contributed by atoms with E-state index in [1.807, 2.05) is 11.0 Å². The number of methoxy groups -OCH3 is 1. The molecule has 0 aliphatic carbocycles. The van der Waals surface area contributed by atoms with Crippen LogP contribution in [0.2, 0.25) is 0 Å². The van der Waals surface area contributed by atoms with Gasteiger partial charge in [-0.2, -0.15) is 0 Å². The van der Waals surface area contributed by atoms with Gasteiger partial charge in [0.1, 0.15) is 5.82 Å². The number of carbonyl (C=O) groups excluding carboxylic acids is 2. The van der Waals surface area contributed by atoms with Crippen molar-refractivity contribution in [3.8, 4) is 0 Å². The molecule has 1 atom stereocenters. The smallest absolute Gasteiger partial charge is 0.227 e.